The number of sulfonamides is 1. The van der Waals surface area contributed by atoms with Crippen LogP contribution >= 0.6 is 0 Å². The number of hydrogen-bond donors (Lipinski definition) is 2. The highest BCUT2D eigenvalue weighted by molar-refractivity contribution is 7.89. The molecule has 21 heavy (non-hydrogen) atoms. The van der Waals surface area contributed by atoms with Crippen LogP contribution in [0.3, 0.4) is 0 Å². The molecule has 5 heteroatoms. The minimum Gasteiger partial charge on any atom is -0.313 e. The summed E-state index contributed by atoms with van der Waals surface area (Å²) in [6, 6.07) is 7.35. The van der Waals surface area contributed by atoms with Crippen molar-refractivity contribution in [1.29, 1.82) is 0 Å². The van der Waals surface area contributed by atoms with Crippen molar-refractivity contribution in [2.75, 3.05) is 7.05 Å². The van der Waals surface area contributed by atoms with Crippen molar-refractivity contribution in [3.8, 4) is 0 Å². The third-order valence-corrected chi connectivity index (χ3v) is 6.17. The smallest absolute Gasteiger partial charge is 0.240 e. The Morgan fingerprint density at radius 3 is 2.33 bits per heavy atom. The van der Waals surface area contributed by atoms with E-state index >= 15 is 0 Å². The summed E-state index contributed by atoms with van der Waals surface area (Å²) < 4.78 is 27.9. The standard InChI is InChI=1S/C16H26N2O2S/c1-12(17-4)13-7-9-14(10-8-13)21(19,20)18-15-6-5-11-16(15,2)3/h7-10,12,15,17-18H,5-6,11H2,1-4H3. The van der Waals surface area contributed by atoms with Crippen molar-refractivity contribution in [2.24, 2.45) is 5.41 Å². The fourth-order valence-electron chi connectivity index (χ4n) is 2.90. The Kier molecular flexibility index (Phi) is 4.76. The maximum atomic E-state index is 12.5. The summed E-state index contributed by atoms with van der Waals surface area (Å²) in [5.74, 6) is 0. The summed E-state index contributed by atoms with van der Waals surface area (Å²) in [6.07, 6.45) is 3.07. The lowest BCUT2D eigenvalue weighted by atomic mass is 9.88. The molecule has 0 spiro atoms. The first-order chi connectivity index (χ1) is 9.76. The van der Waals surface area contributed by atoms with E-state index in [1.54, 1.807) is 12.1 Å². The first-order valence-corrected chi connectivity index (χ1v) is 9.04. The van der Waals surface area contributed by atoms with E-state index in [2.05, 4.69) is 23.9 Å². The van der Waals surface area contributed by atoms with Crippen molar-refractivity contribution < 1.29 is 8.42 Å². The second kappa shape index (κ2) is 6.07. The molecule has 2 rings (SSSR count). The minimum atomic E-state index is -3.43. The number of hydrogen-bond acceptors (Lipinski definition) is 3. The average Bonchev–Trinajstić information content (AvgIpc) is 2.76. The van der Waals surface area contributed by atoms with Gasteiger partial charge in [0.25, 0.3) is 0 Å². The lowest BCUT2D eigenvalue weighted by Gasteiger charge is -2.27. The molecule has 2 unspecified atom stereocenters. The first kappa shape index (κ1) is 16.5. The van der Waals surface area contributed by atoms with Crippen LogP contribution in [0.15, 0.2) is 29.2 Å². The van der Waals surface area contributed by atoms with Crippen LogP contribution in [-0.2, 0) is 10.0 Å². The second-order valence-electron chi connectivity index (χ2n) is 6.63. The van der Waals surface area contributed by atoms with Crippen LogP contribution in [0.2, 0.25) is 0 Å². The highest BCUT2D eigenvalue weighted by Gasteiger charge is 2.37. The van der Waals surface area contributed by atoms with E-state index in [0.717, 1.165) is 24.8 Å². The minimum absolute atomic E-state index is 0.0263. The van der Waals surface area contributed by atoms with Crippen LogP contribution in [0.4, 0.5) is 0 Å². The van der Waals surface area contributed by atoms with Gasteiger partial charge < -0.3 is 5.32 Å². The maximum Gasteiger partial charge on any atom is 0.240 e. The van der Waals surface area contributed by atoms with E-state index in [9.17, 15) is 8.42 Å². The molecule has 4 nitrogen and oxygen atoms in total. The van der Waals surface area contributed by atoms with Gasteiger partial charge in [-0.25, -0.2) is 13.1 Å². The van der Waals surface area contributed by atoms with E-state index in [0.29, 0.717) is 4.90 Å². The van der Waals surface area contributed by atoms with Crippen LogP contribution in [0.1, 0.15) is 51.6 Å². The molecule has 2 N–H and O–H groups in total. The maximum absolute atomic E-state index is 12.5. The summed E-state index contributed by atoms with van der Waals surface area (Å²) in [5.41, 5.74) is 1.12. The van der Waals surface area contributed by atoms with Crippen molar-refractivity contribution in [2.45, 2.75) is 57.0 Å². The highest BCUT2D eigenvalue weighted by Crippen LogP contribution is 2.37. The first-order valence-electron chi connectivity index (χ1n) is 7.56. The number of nitrogens with one attached hydrogen (secondary N) is 2. The summed E-state index contributed by atoms with van der Waals surface area (Å²) in [7, 11) is -1.55. The van der Waals surface area contributed by atoms with Gasteiger partial charge in [0.1, 0.15) is 0 Å². The molecule has 0 aliphatic heterocycles. The fraction of sp³-hybridized carbons (Fsp3) is 0.625. The van der Waals surface area contributed by atoms with Gasteiger partial charge in [0.15, 0.2) is 0 Å². The Labute approximate surface area is 128 Å². The van der Waals surface area contributed by atoms with Crippen molar-refractivity contribution in [1.82, 2.24) is 10.0 Å². The highest BCUT2D eigenvalue weighted by atomic mass is 32.2. The molecule has 1 saturated carbocycles. The molecule has 1 aromatic carbocycles. The SMILES string of the molecule is CNC(C)c1ccc(S(=O)(=O)NC2CCCC2(C)C)cc1. The molecular weight excluding hydrogens is 284 g/mol. The van der Waals surface area contributed by atoms with Gasteiger partial charge in [-0.2, -0.15) is 0 Å². The lowest BCUT2D eigenvalue weighted by Crippen LogP contribution is -2.41. The Bertz CT molecular complexity index is 579. The molecule has 0 amide bonds. The van der Waals surface area contributed by atoms with Crippen LogP contribution in [0.5, 0.6) is 0 Å². The van der Waals surface area contributed by atoms with Gasteiger partial charge in [-0.1, -0.05) is 32.4 Å². The molecule has 1 fully saturated rings. The Morgan fingerprint density at radius 1 is 1.24 bits per heavy atom. The van der Waals surface area contributed by atoms with Crippen LogP contribution in [-0.4, -0.2) is 21.5 Å². The molecule has 118 valence electrons. The molecule has 2 atom stereocenters. The van der Waals surface area contributed by atoms with Gasteiger partial charge in [0.2, 0.25) is 10.0 Å². The number of rotatable bonds is 5. The molecule has 0 radical (unpaired) electrons. The zero-order valence-electron chi connectivity index (χ0n) is 13.3. The molecule has 0 aromatic heterocycles. The Hall–Kier alpha value is -0.910. The van der Waals surface area contributed by atoms with E-state index in [1.807, 2.05) is 26.1 Å². The third-order valence-electron chi connectivity index (χ3n) is 4.68. The van der Waals surface area contributed by atoms with Crippen molar-refractivity contribution in [3.05, 3.63) is 29.8 Å². The summed E-state index contributed by atoms with van der Waals surface area (Å²) in [6.45, 7) is 6.30. The summed E-state index contributed by atoms with van der Waals surface area (Å²) in [4.78, 5) is 0.345. The van der Waals surface area contributed by atoms with Gasteiger partial charge in [0, 0.05) is 12.1 Å². The van der Waals surface area contributed by atoms with Crippen LogP contribution in [0.25, 0.3) is 0 Å². The molecule has 1 aliphatic rings. The predicted octanol–water partition coefficient (Wildman–Crippen LogP) is 2.82. The largest absolute Gasteiger partial charge is 0.313 e. The third kappa shape index (κ3) is 3.65. The average molecular weight is 310 g/mol. The predicted molar refractivity (Wildman–Crippen MR) is 85.7 cm³/mol. The molecule has 1 aromatic rings. The fourth-order valence-corrected chi connectivity index (χ4v) is 4.34. The Morgan fingerprint density at radius 2 is 1.86 bits per heavy atom. The van der Waals surface area contributed by atoms with Crippen molar-refractivity contribution in [3.63, 3.8) is 0 Å². The van der Waals surface area contributed by atoms with Crippen molar-refractivity contribution >= 4 is 10.0 Å². The Balaban J connectivity index is 2.16. The van der Waals surface area contributed by atoms with E-state index in [1.165, 1.54) is 0 Å². The van der Waals surface area contributed by atoms with E-state index in [4.69, 9.17) is 0 Å². The zero-order valence-corrected chi connectivity index (χ0v) is 14.1. The van der Waals surface area contributed by atoms with E-state index < -0.39 is 10.0 Å². The van der Waals surface area contributed by atoms with Crippen LogP contribution in [0, 0.1) is 5.41 Å². The van der Waals surface area contributed by atoms with Gasteiger partial charge in [-0.15, -0.1) is 0 Å². The molecule has 0 bridgehead atoms. The molecular formula is C16H26N2O2S. The lowest BCUT2D eigenvalue weighted by molar-refractivity contribution is 0.313. The molecule has 0 saturated heterocycles. The normalized spacial score (nSPS) is 23.1. The molecule has 0 heterocycles. The zero-order chi connectivity index (χ0) is 15.7. The van der Waals surface area contributed by atoms with Crippen LogP contribution < -0.4 is 10.0 Å². The quantitative estimate of drug-likeness (QED) is 0.879. The van der Waals surface area contributed by atoms with Gasteiger partial charge in [-0.05, 0) is 49.9 Å². The molecule has 1 aliphatic carbocycles. The van der Waals surface area contributed by atoms with Gasteiger partial charge in [0.05, 0.1) is 4.90 Å². The topological polar surface area (TPSA) is 58.2 Å². The van der Waals surface area contributed by atoms with Gasteiger partial charge in [-0.3, -0.25) is 0 Å². The monoisotopic (exact) mass is 310 g/mol. The summed E-state index contributed by atoms with van der Waals surface area (Å²) in [5, 5.41) is 3.14. The van der Waals surface area contributed by atoms with E-state index in [-0.39, 0.29) is 17.5 Å². The number of benzene rings is 1. The second-order valence-corrected chi connectivity index (χ2v) is 8.35. The van der Waals surface area contributed by atoms with Gasteiger partial charge >= 0.3 is 0 Å². The summed E-state index contributed by atoms with van der Waals surface area (Å²) >= 11 is 0.